The highest BCUT2D eigenvalue weighted by Crippen LogP contribution is 2.34. The van der Waals surface area contributed by atoms with E-state index in [-0.39, 0.29) is 11.9 Å². The summed E-state index contributed by atoms with van der Waals surface area (Å²) in [5.74, 6) is 1.05. The molecule has 0 radical (unpaired) electrons. The summed E-state index contributed by atoms with van der Waals surface area (Å²) in [6.45, 7) is 4.19. The van der Waals surface area contributed by atoms with Gasteiger partial charge in [0.15, 0.2) is 0 Å². The van der Waals surface area contributed by atoms with E-state index >= 15 is 0 Å². The molecule has 0 bridgehead atoms. The van der Waals surface area contributed by atoms with Crippen LogP contribution in [0.2, 0.25) is 10.0 Å². The van der Waals surface area contributed by atoms with Crippen molar-refractivity contribution in [3.63, 3.8) is 0 Å². The van der Waals surface area contributed by atoms with Crippen LogP contribution in [0.3, 0.4) is 0 Å². The van der Waals surface area contributed by atoms with Crippen molar-refractivity contribution < 1.29 is 14.6 Å². The number of rotatable bonds is 7. The van der Waals surface area contributed by atoms with Gasteiger partial charge in [-0.3, -0.25) is 4.79 Å². The molecule has 1 aromatic carbocycles. The number of hydrogen-bond acceptors (Lipinski definition) is 3. The van der Waals surface area contributed by atoms with Crippen molar-refractivity contribution in [1.82, 2.24) is 4.90 Å². The maximum absolute atomic E-state index is 12.4. The molecule has 1 aliphatic rings. The van der Waals surface area contributed by atoms with E-state index in [0.717, 1.165) is 25.7 Å². The van der Waals surface area contributed by atoms with E-state index in [4.69, 9.17) is 27.9 Å². The normalized spacial score (nSPS) is 20.7. The maximum Gasteiger partial charge on any atom is 0.222 e. The third-order valence-electron chi connectivity index (χ3n) is 5.32. The Bertz CT molecular complexity index is 608. The van der Waals surface area contributed by atoms with Crippen LogP contribution in [-0.4, -0.2) is 41.2 Å². The summed E-state index contributed by atoms with van der Waals surface area (Å²) in [4.78, 5) is 14.3. The van der Waals surface area contributed by atoms with Crippen LogP contribution in [0.15, 0.2) is 18.2 Å². The van der Waals surface area contributed by atoms with Crippen molar-refractivity contribution in [2.75, 3.05) is 13.7 Å². The van der Waals surface area contributed by atoms with Gasteiger partial charge in [0.25, 0.3) is 0 Å². The number of benzene rings is 1. The zero-order valence-electron chi connectivity index (χ0n) is 15.8. The summed E-state index contributed by atoms with van der Waals surface area (Å²) < 4.78 is 5.63. The summed E-state index contributed by atoms with van der Waals surface area (Å²) in [6.07, 6.45) is 4.92. The Balaban J connectivity index is 1.71. The molecule has 0 aliphatic heterocycles. The first kappa shape index (κ1) is 21.3. The molecule has 0 saturated heterocycles. The Kier molecular flexibility index (Phi) is 7.63. The molecule has 0 heterocycles. The Morgan fingerprint density at radius 2 is 1.92 bits per heavy atom. The number of aliphatic hydroxyl groups is 1. The molecule has 1 amide bonds. The van der Waals surface area contributed by atoms with E-state index in [1.54, 1.807) is 18.2 Å². The van der Waals surface area contributed by atoms with E-state index in [1.807, 2.05) is 25.8 Å². The third-order valence-corrected chi connectivity index (χ3v) is 5.85. The monoisotopic (exact) mass is 401 g/mol. The second kappa shape index (κ2) is 9.29. The van der Waals surface area contributed by atoms with Crippen molar-refractivity contribution in [2.45, 2.75) is 64.0 Å². The molecule has 0 aromatic heterocycles. The molecule has 2 rings (SSSR count). The summed E-state index contributed by atoms with van der Waals surface area (Å²) in [5, 5.41) is 11.2. The highest BCUT2D eigenvalue weighted by molar-refractivity contribution is 6.35. The SMILES string of the molecule is CN(C(=O)CCCOc1ccc(Cl)cc1Cl)C1CCC(C(C)(C)O)CC1. The van der Waals surface area contributed by atoms with E-state index in [2.05, 4.69) is 0 Å². The highest BCUT2D eigenvalue weighted by Gasteiger charge is 2.33. The Hall–Kier alpha value is -0.970. The Morgan fingerprint density at radius 1 is 1.27 bits per heavy atom. The van der Waals surface area contributed by atoms with E-state index in [9.17, 15) is 9.90 Å². The fraction of sp³-hybridized carbons (Fsp3) is 0.650. The standard InChI is InChI=1S/C20H29Cl2NO3/c1-20(2,25)14-6-9-16(10-7-14)23(3)19(24)5-4-12-26-18-11-8-15(21)13-17(18)22/h8,11,13-14,16,25H,4-7,9-10,12H2,1-3H3. The Labute approximate surface area is 166 Å². The molecule has 146 valence electrons. The number of carbonyl (C=O) groups excluding carboxylic acids is 1. The fourth-order valence-electron chi connectivity index (χ4n) is 3.55. The first-order valence-corrected chi connectivity index (χ1v) is 10.00. The van der Waals surface area contributed by atoms with Gasteiger partial charge in [0.2, 0.25) is 5.91 Å². The van der Waals surface area contributed by atoms with Crippen LogP contribution in [0.5, 0.6) is 5.75 Å². The van der Waals surface area contributed by atoms with E-state index in [1.165, 1.54) is 0 Å². The van der Waals surface area contributed by atoms with Gasteiger partial charge in [-0.2, -0.15) is 0 Å². The number of amides is 1. The molecule has 6 heteroatoms. The van der Waals surface area contributed by atoms with Crippen LogP contribution in [0, 0.1) is 5.92 Å². The van der Waals surface area contributed by atoms with Crippen LogP contribution in [0.25, 0.3) is 0 Å². The lowest BCUT2D eigenvalue weighted by molar-refractivity contribution is -0.133. The molecular weight excluding hydrogens is 373 g/mol. The van der Waals surface area contributed by atoms with Gasteiger partial charge < -0.3 is 14.7 Å². The molecule has 1 aliphatic carbocycles. The van der Waals surface area contributed by atoms with Crippen molar-refractivity contribution in [3.05, 3.63) is 28.2 Å². The van der Waals surface area contributed by atoms with Gasteiger partial charge in [0.05, 0.1) is 17.2 Å². The largest absolute Gasteiger partial charge is 0.492 e. The summed E-state index contributed by atoms with van der Waals surface area (Å²) in [7, 11) is 1.88. The van der Waals surface area contributed by atoms with Crippen LogP contribution < -0.4 is 4.74 Å². The lowest BCUT2D eigenvalue weighted by Gasteiger charge is -2.39. The molecule has 1 saturated carbocycles. The van der Waals surface area contributed by atoms with Gasteiger partial charge >= 0.3 is 0 Å². The van der Waals surface area contributed by atoms with Crippen LogP contribution in [-0.2, 0) is 4.79 Å². The van der Waals surface area contributed by atoms with Gasteiger partial charge in [0, 0.05) is 24.5 Å². The van der Waals surface area contributed by atoms with E-state index < -0.39 is 5.60 Å². The van der Waals surface area contributed by atoms with Gasteiger partial charge in [-0.15, -0.1) is 0 Å². The van der Waals surface area contributed by atoms with Crippen LogP contribution in [0.1, 0.15) is 52.4 Å². The lowest BCUT2D eigenvalue weighted by Crippen LogP contribution is -2.42. The fourth-order valence-corrected chi connectivity index (χ4v) is 4.01. The molecule has 4 nitrogen and oxygen atoms in total. The zero-order chi connectivity index (χ0) is 19.3. The van der Waals surface area contributed by atoms with Crippen molar-refractivity contribution >= 4 is 29.1 Å². The predicted octanol–water partition coefficient (Wildman–Crippen LogP) is 4.94. The average Bonchev–Trinajstić information content (AvgIpc) is 2.58. The molecule has 0 spiro atoms. The first-order chi connectivity index (χ1) is 12.2. The minimum atomic E-state index is -0.631. The van der Waals surface area contributed by atoms with Crippen LogP contribution in [0.4, 0.5) is 0 Å². The van der Waals surface area contributed by atoms with Gasteiger partial charge in [0.1, 0.15) is 5.75 Å². The molecule has 0 atom stereocenters. The molecular formula is C20H29Cl2NO3. The number of nitrogens with zero attached hydrogens (tertiary/aromatic N) is 1. The lowest BCUT2D eigenvalue weighted by atomic mass is 9.77. The second-order valence-electron chi connectivity index (χ2n) is 7.69. The van der Waals surface area contributed by atoms with Gasteiger partial charge in [-0.1, -0.05) is 23.2 Å². The minimum absolute atomic E-state index is 0.141. The van der Waals surface area contributed by atoms with Gasteiger partial charge in [-0.05, 0) is 70.1 Å². The molecule has 26 heavy (non-hydrogen) atoms. The second-order valence-corrected chi connectivity index (χ2v) is 8.53. The molecule has 1 fully saturated rings. The molecule has 0 unspecified atom stereocenters. The van der Waals surface area contributed by atoms with Crippen molar-refractivity contribution in [1.29, 1.82) is 0 Å². The third kappa shape index (κ3) is 6.04. The van der Waals surface area contributed by atoms with Gasteiger partial charge in [-0.25, -0.2) is 0 Å². The number of ether oxygens (including phenoxy) is 1. The zero-order valence-corrected chi connectivity index (χ0v) is 17.3. The summed E-state index contributed by atoms with van der Waals surface area (Å²) in [5.41, 5.74) is -0.631. The van der Waals surface area contributed by atoms with E-state index in [0.29, 0.717) is 41.2 Å². The van der Waals surface area contributed by atoms with Crippen molar-refractivity contribution in [2.24, 2.45) is 5.92 Å². The van der Waals surface area contributed by atoms with Crippen LogP contribution >= 0.6 is 23.2 Å². The maximum atomic E-state index is 12.4. The summed E-state index contributed by atoms with van der Waals surface area (Å²) in [6, 6.07) is 5.38. The Morgan fingerprint density at radius 3 is 2.50 bits per heavy atom. The number of hydrogen-bond donors (Lipinski definition) is 1. The smallest absolute Gasteiger partial charge is 0.222 e. The molecule has 1 N–H and O–H groups in total. The average molecular weight is 402 g/mol. The molecule has 1 aromatic rings. The highest BCUT2D eigenvalue weighted by atomic mass is 35.5. The minimum Gasteiger partial charge on any atom is -0.492 e. The number of halogens is 2. The van der Waals surface area contributed by atoms with Crippen molar-refractivity contribution in [3.8, 4) is 5.75 Å². The quantitative estimate of drug-likeness (QED) is 0.658. The number of carbonyl (C=O) groups is 1. The predicted molar refractivity (Wildman–Crippen MR) is 106 cm³/mol. The summed E-state index contributed by atoms with van der Waals surface area (Å²) >= 11 is 11.9. The topological polar surface area (TPSA) is 49.8 Å². The first-order valence-electron chi connectivity index (χ1n) is 9.24.